The molecular formula is C11H15Cl2N. The Bertz CT molecular complexity index is 279. The second kappa shape index (κ2) is 5.59. The summed E-state index contributed by atoms with van der Waals surface area (Å²) in [5.74, 6) is 0. The maximum absolute atomic E-state index is 6.11. The maximum Gasteiger partial charge on any atom is 0.0468 e. The molecule has 1 rings (SSSR count). The number of nitrogens with one attached hydrogen (secondary N) is 1. The Morgan fingerprint density at radius 3 is 2.29 bits per heavy atom. The van der Waals surface area contributed by atoms with Crippen LogP contribution < -0.4 is 5.32 Å². The van der Waals surface area contributed by atoms with E-state index < -0.39 is 0 Å². The quantitative estimate of drug-likeness (QED) is 0.825. The Kier molecular flexibility index (Phi) is 4.73. The monoisotopic (exact) mass is 231 g/mol. The van der Waals surface area contributed by atoms with Crippen molar-refractivity contribution < 1.29 is 0 Å². The van der Waals surface area contributed by atoms with Crippen LogP contribution in [0.15, 0.2) is 18.2 Å². The van der Waals surface area contributed by atoms with Gasteiger partial charge in [-0.25, -0.2) is 0 Å². The first-order valence-corrected chi connectivity index (χ1v) is 5.57. The van der Waals surface area contributed by atoms with Gasteiger partial charge in [0.15, 0.2) is 0 Å². The van der Waals surface area contributed by atoms with Gasteiger partial charge in [-0.15, -0.1) is 0 Å². The van der Waals surface area contributed by atoms with E-state index in [0.29, 0.717) is 0 Å². The Balaban J connectivity index is 3.02. The minimum absolute atomic E-state index is 0.251. The van der Waals surface area contributed by atoms with Crippen LogP contribution >= 0.6 is 23.2 Å². The average Bonchev–Trinajstić information content (AvgIpc) is 2.16. The normalized spacial score (nSPS) is 12.9. The zero-order valence-electron chi connectivity index (χ0n) is 8.48. The lowest BCUT2D eigenvalue weighted by atomic mass is 10.0. The van der Waals surface area contributed by atoms with Crippen LogP contribution in [0.1, 0.15) is 31.4 Å². The van der Waals surface area contributed by atoms with Gasteiger partial charge in [0.05, 0.1) is 0 Å². The number of halogens is 2. The molecule has 0 saturated heterocycles. The Labute approximate surface area is 95.4 Å². The van der Waals surface area contributed by atoms with Crippen LogP contribution in [-0.4, -0.2) is 7.05 Å². The third kappa shape index (κ3) is 2.63. The Hall–Kier alpha value is -0.240. The highest BCUT2D eigenvalue weighted by Crippen LogP contribution is 2.32. The van der Waals surface area contributed by atoms with E-state index in [4.69, 9.17) is 23.2 Å². The number of benzene rings is 1. The third-order valence-corrected chi connectivity index (χ3v) is 2.93. The summed E-state index contributed by atoms with van der Waals surface area (Å²) < 4.78 is 0. The molecule has 3 heteroatoms. The molecule has 0 bridgehead atoms. The van der Waals surface area contributed by atoms with E-state index in [2.05, 4.69) is 12.2 Å². The molecule has 0 radical (unpaired) electrons. The number of hydrogen-bond acceptors (Lipinski definition) is 1. The highest BCUT2D eigenvalue weighted by atomic mass is 35.5. The first kappa shape index (κ1) is 11.8. The Morgan fingerprint density at radius 1 is 1.29 bits per heavy atom. The van der Waals surface area contributed by atoms with Crippen LogP contribution in [0.3, 0.4) is 0 Å². The first-order valence-electron chi connectivity index (χ1n) is 4.81. The SMILES string of the molecule is CCCC(NC)c1c(Cl)cccc1Cl. The molecule has 0 aliphatic carbocycles. The molecule has 1 atom stereocenters. The van der Waals surface area contributed by atoms with Crippen molar-refractivity contribution in [3.8, 4) is 0 Å². The van der Waals surface area contributed by atoms with Crippen LogP contribution in [0.5, 0.6) is 0 Å². The van der Waals surface area contributed by atoms with Crippen LogP contribution in [0.25, 0.3) is 0 Å². The number of hydrogen-bond donors (Lipinski definition) is 1. The van der Waals surface area contributed by atoms with Gasteiger partial charge in [0.2, 0.25) is 0 Å². The zero-order chi connectivity index (χ0) is 10.6. The summed E-state index contributed by atoms with van der Waals surface area (Å²) in [4.78, 5) is 0. The van der Waals surface area contributed by atoms with Gasteiger partial charge < -0.3 is 5.32 Å². The zero-order valence-corrected chi connectivity index (χ0v) is 9.99. The molecule has 0 aliphatic heterocycles. The molecule has 0 aromatic heterocycles. The highest BCUT2D eigenvalue weighted by Gasteiger charge is 2.14. The van der Waals surface area contributed by atoms with Gasteiger partial charge in [-0.1, -0.05) is 42.6 Å². The van der Waals surface area contributed by atoms with Crippen LogP contribution in [0.4, 0.5) is 0 Å². The standard InChI is InChI=1S/C11H15Cl2N/c1-3-5-10(14-2)11-8(12)6-4-7-9(11)13/h4,6-7,10,14H,3,5H2,1-2H3. The lowest BCUT2D eigenvalue weighted by Crippen LogP contribution is -2.16. The van der Waals surface area contributed by atoms with E-state index in [1.54, 1.807) is 0 Å². The predicted octanol–water partition coefficient (Wildman–Crippen LogP) is 4.05. The lowest BCUT2D eigenvalue weighted by Gasteiger charge is -2.18. The molecule has 0 spiro atoms. The van der Waals surface area contributed by atoms with E-state index in [-0.39, 0.29) is 6.04 Å². The van der Waals surface area contributed by atoms with Gasteiger partial charge in [0, 0.05) is 21.7 Å². The highest BCUT2D eigenvalue weighted by molar-refractivity contribution is 6.36. The van der Waals surface area contributed by atoms with Crippen molar-refractivity contribution in [3.05, 3.63) is 33.8 Å². The summed E-state index contributed by atoms with van der Waals surface area (Å²) in [6.07, 6.45) is 2.15. The molecule has 1 aromatic rings. The summed E-state index contributed by atoms with van der Waals surface area (Å²) in [5, 5.41) is 4.71. The van der Waals surface area contributed by atoms with Gasteiger partial charge in [0.25, 0.3) is 0 Å². The van der Waals surface area contributed by atoms with Crippen molar-refractivity contribution in [2.45, 2.75) is 25.8 Å². The molecule has 0 fully saturated rings. The van der Waals surface area contributed by atoms with E-state index in [1.807, 2.05) is 25.2 Å². The fourth-order valence-corrected chi connectivity index (χ4v) is 2.23. The molecule has 78 valence electrons. The minimum atomic E-state index is 0.251. The molecule has 0 amide bonds. The van der Waals surface area contributed by atoms with Crippen molar-refractivity contribution in [3.63, 3.8) is 0 Å². The summed E-state index contributed by atoms with van der Waals surface area (Å²) in [6.45, 7) is 2.15. The molecule has 1 aromatic carbocycles. The van der Waals surface area contributed by atoms with Crippen LogP contribution in [0, 0.1) is 0 Å². The average molecular weight is 232 g/mol. The van der Waals surface area contributed by atoms with Gasteiger partial charge in [-0.3, -0.25) is 0 Å². The summed E-state index contributed by atoms with van der Waals surface area (Å²) in [5.41, 5.74) is 1.01. The van der Waals surface area contributed by atoms with Crippen molar-refractivity contribution in [2.24, 2.45) is 0 Å². The first-order chi connectivity index (χ1) is 6.70. The van der Waals surface area contributed by atoms with Crippen molar-refractivity contribution in [1.29, 1.82) is 0 Å². The molecule has 0 heterocycles. The van der Waals surface area contributed by atoms with Crippen LogP contribution in [-0.2, 0) is 0 Å². The van der Waals surface area contributed by atoms with E-state index in [1.165, 1.54) is 0 Å². The largest absolute Gasteiger partial charge is 0.313 e. The number of rotatable bonds is 4. The van der Waals surface area contributed by atoms with Crippen molar-refractivity contribution in [1.82, 2.24) is 5.32 Å². The van der Waals surface area contributed by atoms with E-state index in [0.717, 1.165) is 28.5 Å². The van der Waals surface area contributed by atoms with Gasteiger partial charge in [-0.2, -0.15) is 0 Å². The van der Waals surface area contributed by atoms with Crippen molar-refractivity contribution >= 4 is 23.2 Å². The Morgan fingerprint density at radius 2 is 1.86 bits per heavy atom. The topological polar surface area (TPSA) is 12.0 Å². The third-order valence-electron chi connectivity index (χ3n) is 2.27. The van der Waals surface area contributed by atoms with Crippen LogP contribution in [0.2, 0.25) is 10.0 Å². The fourth-order valence-electron chi connectivity index (χ4n) is 1.57. The van der Waals surface area contributed by atoms with Gasteiger partial charge >= 0.3 is 0 Å². The molecule has 1 N–H and O–H groups in total. The predicted molar refractivity (Wildman–Crippen MR) is 63.2 cm³/mol. The molecule has 1 nitrogen and oxygen atoms in total. The van der Waals surface area contributed by atoms with Gasteiger partial charge in [0.1, 0.15) is 0 Å². The summed E-state index contributed by atoms with van der Waals surface area (Å²) in [6, 6.07) is 5.87. The molecule has 0 saturated carbocycles. The smallest absolute Gasteiger partial charge is 0.0468 e. The van der Waals surface area contributed by atoms with E-state index in [9.17, 15) is 0 Å². The second-order valence-corrected chi connectivity index (χ2v) is 4.08. The molecule has 14 heavy (non-hydrogen) atoms. The lowest BCUT2D eigenvalue weighted by molar-refractivity contribution is 0.542. The molecular weight excluding hydrogens is 217 g/mol. The summed E-state index contributed by atoms with van der Waals surface area (Å²) in [7, 11) is 1.93. The fraction of sp³-hybridized carbons (Fsp3) is 0.455. The van der Waals surface area contributed by atoms with Gasteiger partial charge in [-0.05, 0) is 25.6 Å². The second-order valence-electron chi connectivity index (χ2n) is 3.27. The molecule has 1 unspecified atom stereocenters. The molecule has 0 aliphatic rings. The van der Waals surface area contributed by atoms with Crippen molar-refractivity contribution in [2.75, 3.05) is 7.05 Å². The minimum Gasteiger partial charge on any atom is -0.313 e. The maximum atomic E-state index is 6.11. The summed E-state index contributed by atoms with van der Waals surface area (Å²) >= 11 is 12.2. The van der Waals surface area contributed by atoms with E-state index >= 15 is 0 Å².